The first-order valence-corrected chi connectivity index (χ1v) is 19.0. The largest absolute Gasteiger partial charge is 0.444 e. The lowest BCUT2D eigenvalue weighted by molar-refractivity contribution is -0.146. The van der Waals surface area contributed by atoms with E-state index in [1.165, 1.54) is 6.08 Å². The third kappa shape index (κ3) is 12.1. The fourth-order valence-electron chi connectivity index (χ4n) is 7.57. The lowest BCUT2D eigenvalue weighted by Crippen LogP contribution is -2.63. The highest BCUT2D eigenvalue weighted by atomic mass is 16.6. The number of carbonyl (C=O) groups excluding carboxylic acids is 6. The number of hydrogen-bond donors (Lipinski definition) is 4. The maximum atomic E-state index is 14.7. The summed E-state index contributed by atoms with van der Waals surface area (Å²) in [7, 11) is 0. The van der Waals surface area contributed by atoms with E-state index < -0.39 is 76.1 Å². The molecule has 12 nitrogen and oxygen atoms in total. The molecule has 2 saturated carbocycles. The van der Waals surface area contributed by atoms with Gasteiger partial charge < -0.3 is 30.9 Å². The minimum atomic E-state index is -1.03. The Kier molecular flexibility index (Phi) is 14.3. The number of Topliss-reactive ketones (excluding diaryl/α,β-unsaturated/α-hetero) is 1. The molecule has 288 valence electrons. The maximum absolute atomic E-state index is 14.7. The Balaban J connectivity index is 1.92. The molecule has 0 aromatic rings. The highest BCUT2D eigenvalue weighted by Crippen LogP contribution is 2.40. The van der Waals surface area contributed by atoms with Crippen LogP contribution < -0.4 is 21.3 Å². The van der Waals surface area contributed by atoms with Crippen molar-refractivity contribution in [2.45, 2.75) is 156 Å². The van der Waals surface area contributed by atoms with Crippen LogP contribution in [0.3, 0.4) is 0 Å². The van der Waals surface area contributed by atoms with Gasteiger partial charge in [-0.3, -0.25) is 24.0 Å². The summed E-state index contributed by atoms with van der Waals surface area (Å²) >= 11 is 0. The second-order valence-corrected chi connectivity index (χ2v) is 17.9. The summed E-state index contributed by atoms with van der Waals surface area (Å²) in [5.41, 5.74) is -2.08. The molecule has 0 aromatic carbocycles. The van der Waals surface area contributed by atoms with Crippen LogP contribution in [0, 0.1) is 28.6 Å². The zero-order valence-electron chi connectivity index (χ0n) is 32.6. The Morgan fingerprint density at radius 1 is 0.902 bits per heavy atom. The Morgan fingerprint density at radius 2 is 1.53 bits per heavy atom. The highest BCUT2D eigenvalue weighted by Gasteiger charge is 2.49. The Hall–Kier alpha value is -3.44. The van der Waals surface area contributed by atoms with E-state index in [9.17, 15) is 28.8 Å². The van der Waals surface area contributed by atoms with Crippen LogP contribution in [0.15, 0.2) is 12.7 Å². The van der Waals surface area contributed by atoms with E-state index in [1.54, 1.807) is 25.7 Å². The minimum absolute atomic E-state index is 0.128. The normalized spacial score (nSPS) is 22.3. The lowest BCUT2D eigenvalue weighted by atomic mass is 9.70. The van der Waals surface area contributed by atoms with Crippen LogP contribution in [0.4, 0.5) is 4.79 Å². The van der Waals surface area contributed by atoms with Crippen LogP contribution in [-0.2, 0) is 28.7 Å². The Labute approximate surface area is 305 Å². The molecule has 1 aliphatic heterocycles. The quantitative estimate of drug-likeness (QED) is 0.140. The number of carbonyl (C=O) groups is 6. The van der Waals surface area contributed by atoms with Gasteiger partial charge in [-0.05, 0) is 81.5 Å². The molecule has 5 atom stereocenters. The number of ketones is 1. The van der Waals surface area contributed by atoms with E-state index >= 15 is 0 Å². The van der Waals surface area contributed by atoms with Crippen LogP contribution in [0.2, 0.25) is 0 Å². The van der Waals surface area contributed by atoms with E-state index in [0.29, 0.717) is 25.8 Å². The molecule has 51 heavy (non-hydrogen) atoms. The number of nitrogens with zero attached hydrogens (tertiary/aromatic N) is 1. The first-order chi connectivity index (χ1) is 23.7. The van der Waals surface area contributed by atoms with Gasteiger partial charge in [0.1, 0.15) is 23.7 Å². The minimum Gasteiger partial charge on any atom is -0.444 e. The summed E-state index contributed by atoms with van der Waals surface area (Å²) in [4.78, 5) is 83.7. The van der Waals surface area contributed by atoms with E-state index in [0.717, 1.165) is 44.9 Å². The van der Waals surface area contributed by atoms with Gasteiger partial charge in [-0.15, -0.1) is 6.58 Å². The van der Waals surface area contributed by atoms with Gasteiger partial charge in [0.15, 0.2) is 0 Å². The van der Waals surface area contributed by atoms with Crippen LogP contribution in [0.5, 0.6) is 0 Å². The van der Waals surface area contributed by atoms with Gasteiger partial charge in [-0.25, -0.2) is 4.79 Å². The first-order valence-electron chi connectivity index (χ1n) is 19.0. The standard InChI is InChI=1S/C39H65N5O7/c1-11-20-40-33(47)29(45)27(23-25-15-16-25)41-32(46)28-26(22-24(2)3)17-21-44(28)35(49)31(37(4,5)6)42-34(48)30(39(10)18-13-12-14-19-39)43-36(50)51-38(7,8)9/h11,24-28,30-31H,1,12-23H2,2-10H3,(H,40,47)(H,41,46)(H,42,48)(H,43,50)/t26-,27?,28+,30-,31-/m1/s1. The van der Waals surface area contributed by atoms with Crippen molar-refractivity contribution in [1.82, 2.24) is 26.2 Å². The van der Waals surface area contributed by atoms with Crippen molar-refractivity contribution in [2.24, 2.45) is 28.6 Å². The molecule has 0 spiro atoms. The maximum Gasteiger partial charge on any atom is 0.408 e. The zero-order chi connectivity index (χ0) is 38.3. The molecule has 3 aliphatic rings. The number of rotatable bonds is 15. The van der Waals surface area contributed by atoms with E-state index in [1.807, 2.05) is 27.7 Å². The van der Waals surface area contributed by atoms with E-state index in [-0.39, 0.29) is 24.3 Å². The molecule has 2 aliphatic carbocycles. The van der Waals surface area contributed by atoms with Crippen LogP contribution in [0.25, 0.3) is 0 Å². The van der Waals surface area contributed by atoms with Gasteiger partial charge in [-0.1, -0.05) is 79.7 Å². The molecule has 1 heterocycles. The van der Waals surface area contributed by atoms with Crippen molar-refractivity contribution in [2.75, 3.05) is 13.1 Å². The Morgan fingerprint density at radius 3 is 2.06 bits per heavy atom. The fourth-order valence-corrected chi connectivity index (χ4v) is 7.57. The third-order valence-electron chi connectivity index (χ3n) is 10.4. The lowest BCUT2D eigenvalue weighted by Gasteiger charge is -2.42. The SMILES string of the molecule is C=CCNC(=O)C(=O)C(CC1CC1)NC(=O)[C@@H]1[C@@H](CC(C)C)CCN1C(=O)[C@@H](NC(=O)[C@@H](NC(=O)OC(C)(C)C)C1(C)CCCCC1)C(C)(C)C. The Bertz CT molecular complexity index is 1290. The first kappa shape index (κ1) is 42.0. The third-order valence-corrected chi connectivity index (χ3v) is 10.4. The number of ether oxygens (including phenoxy) is 1. The average Bonchev–Trinajstić information content (AvgIpc) is 3.75. The number of amides is 5. The van der Waals surface area contributed by atoms with Crippen molar-refractivity contribution < 1.29 is 33.5 Å². The van der Waals surface area contributed by atoms with Gasteiger partial charge in [0.2, 0.25) is 23.5 Å². The summed E-state index contributed by atoms with van der Waals surface area (Å²) in [5.74, 6) is -2.54. The number of hydrogen-bond acceptors (Lipinski definition) is 7. The molecule has 1 saturated heterocycles. The molecule has 12 heteroatoms. The van der Waals surface area contributed by atoms with Gasteiger partial charge in [0.25, 0.3) is 5.91 Å². The summed E-state index contributed by atoms with van der Waals surface area (Å²) in [6.45, 7) is 21.0. The zero-order valence-corrected chi connectivity index (χ0v) is 32.6. The van der Waals surface area contributed by atoms with Crippen molar-refractivity contribution in [3.8, 4) is 0 Å². The molecule has 0 radical (unpaired) electrons. The molecular formula is C39H65N5O7. The van der Waals surface area contributed by atoms with Crippen LogP contribution in [0.1, 0.15) is 127 Å². The van der Waals surface area contributed by atoms with Crippen LogP contribution >= 0.6 is 0 Å². The summed E-state index contributed by atoms with van der Waals surface area (Å²) < 4.78 is 5.55. The summed E-state index contributed by atoms with van der Waals surface area (Å²) in [6, 6.07) is -3.88. The van der Waals surface area contributed by atoms with Gasteiger partial charge in [-0.2, -0.15) is 0 Å². The fraction of sp³-hybridized carbons (Fsp3) is 0.795. The van der Waals surface area contributed by atoms with Crippen molar-refractivity contribution in [1.29, 1.82) is 0 Å². The van der Waals surface area contributed by atoms with E-state index in [4.69, 9.17) is 4.74 Å². The van der Waals surface area contributed by atoms with Gasteiger partial charge >= 0.3 is 6.09 Å². The van der Waals surface area contributed by atoms with Gasteiger partial charge in [0, 0.05) is 13.1 Å². The molecule has 0 aromatic heterocycles. The molecular weight excluding hydrogens is 650 g/mol. The van der Waals surface area contributed by atoms with Gasteiger partial charge in [0.05, 0.1) is 6.04 Å². The predicted octanol–water partition coefficient (Wildman–Crippen LogP) is 4.80. The smallest absolute Gasteiger partial charge is 0.408 e. The second-order valence-electron chi connectivity index (χ2n) is 17.9. The van der Waals surface area contributed by atoms with Crippen LogP contribution in [-0.4, -0.2) is 83.3 Å². The predicted molar refractivity (Wildman–Crippen MR) is 196 cm³/mol. The van der Waals surface area contributed by atoms with Crippen molar-refractivity contribution in [3.63, 3.8) is 0 Å². The molecule has 1 unspecified atom stereocenters. The summed E-state index contributed by atoms with van der Waals surface area (Å²) in [5, 5.41) is 11.3. The average molecular weight is 716 g/mol. The molecule has 4 N–H and O–H groups in total. The monoisotopic (exact) mass is 715 g/mol. The second kappa shape index (κ2) is 17.4. The molecule has 3 rings (SSSR count). The summed E-state index contributed by atoms with van der Waals surface area (Å²) in [6.07, 6.45) is 8.57. The number of likely N-dealkylation sites (tertiary alicyclic amines) is 1. The highest BCUT2D eigenvalue weighted by molar-refractivity contribution is 6.38. The van der Waals surface area contributed by atoms with E-state index in [2.05, 4.69) is 41.7 Å². The molecule has 5 amide bonds. The molecule has 0 bridgehead atoms. The van der Waals surface area contributed by atoms with Crippen molar-refractivity contribution in [3.05, 3.63) is 12.7 Å². The topological polar surface area (TPSA) is 163 Å². The van der Waals surface area contributed by atoms with Crippen molar-refractivity contribution >= 4 is 35.5 Å². The number of alkyl carbamates (subject to hydrolysis) is 1. The number of nitrogens with one attached hydrogen (secondary N) is 4. The molecule has 3 fully saturated rings.